The van der Waals surface area contributed by atoms with Crippen LogP contribution in [0.25, 0.3) is 0 Å². The molecule has 0 aromatic heterocycles. The van der Waals surface area contributed by atoms with Gasteiger partial charge in [-0.25, -0.2) is 0 Å². The van der Waals surface area contributed by atoms with Crippen LogP contribution in [0.4, 0.5) is 11.4 Å². The van der Waals surface area contributed by atoms with E-state index in [1.165, 1.54) is 24.9 Å². The third kappa shape index (κ3) is 3.59. The van der Waals surface area contributed by atoms with Crippen molar-refractivity contribution in [2.24, 2.45) is 5.41 Å². The van der Waals surface area contributed by atoms with Gasteiger partial charge in [-0.05, 0) is 30.7 Å². The van der Waals surface area contributed by atoms with E-state index in [9.17, 15) is 0 Å². The first kappa shape index (κ1) is 15.0. The SMILES string of the molecule is CCCOc1cc(N)cc(N2CCC(C)(CC)CC2)c1. The van der Waals surface area contributed by atoms with Crippen LogP contribution in [0.3, 0.4) is 0 Å². The smallest absolute Gasteiger partial charge is 0.123 e. The standard InChI is InChI=1S/C17H28N2O/c1-4-10-20-16-12-14(18)11-15(13-16)19-8-6-17(3,5-2)7-9-19/h11-13H,4-10,18H2,1-3H3. The highest BCUT2D eigenvalue weighted by Gasteiger charge is 2.28. The van der Waals surface area contributed by atoms with Crippen molar-refractivity contribution in [1.29, 1.82) is 0 Å². The van der Waals surface area contributed by atoms with E-state index in [0.29, 0.717) is 5.41 Å². The van der Waals surface area contributed by atoms with Gasteiger partial charge in [0.25, 0.3) is 0 Å². The number of benzene rings is 1. The highest BCUT2D eigenvalue weighted by Crippen LogP contribution is 2.36. The summed E-state index contributed by atoms with van der Waals surface area (Å²) in [5.41, 5.74) is 8.52. The Morgan fingerprint density at radius 3 is 2.50 bits per heavy atom. The Bertz CT molecular complexity index is 437. The minimum Gasteiger partial charge on any atom is -0.493 e. The van der Waals surface area contributed by atoms with Crippen LogP contribution in [0, 0.1) is 5.41 Å². The van der Waals surface area contributed by atoms with Crippen molar-refractivity contribution < 1.29 is 4.74 Å². The van der Waals surface area contributed by atoms with Gasteiger partial charge < -0.3 is 15.4 Å². The first-order valence-corrected chi connectivity index (χ1v) is 7.84. The molecular weight excluding hydrogens is 248 g/mol. The summed E-state index contributed by atoms with van der Waals surface area (Å²) in [6.07, 6.45) is 4.79. The Kier molecular flexibility index (Phi) is 4.79. The van der Waals surface area contributed by atoms with Crippen molar-refractivity contribution in [3.8, 4) is 5.75 Å². The molecule has 0 aliphatic carbocycles. The average Bonchev–Trinajstić information content (AvgIpc) is 2.45. The third-order valence-corrected chi connectivity index (χ3v) is 4.58. The van der Waals surface area contributed by atoms with Crippen molar-refractivity contribution in [1.82, 2.24) is 0 Å². The molecule has 1 aromatic rings. The summed E-state index contributed by atoms with van der Waals surface area (Å²) in [4.78, 5) is 2.44. The van der Waals surface area contributed by atoms with E-state index in [4.69, 9.17) is 10.5 Å². The molecule has 0 spiro atoms. The minimum atomic E-state index is 0.512. The quantitative estimate of drug-likeness (QED) is 0.824. The highest BCUT2D eigenvalue weighted by molar-refractivity contribution is 5.60. The molecule has 2 N–H and O–H groups in total. The monoisotopic (exact) mass is 276 g/mol. The molecule has 3 heteroatoms. The Morgan fingerprint density at radius 2 is 1.90 bits per heavy atom. The van der Waals surface area contributed by atoms with Crippen molar-refractivity contribution in [2.45, 2.75) is 46.5 Å². The Balaban J connectivity index is 2.07. The number of rotatable bonds is 5. The molecule has 1 heterocycles. The van der Waals surface area contributed by atoms with Crippen LogP contribution in [-0.2, 0) is 0 Å². The van der Waals surface area contributed by atoms with Crippen molar-refractivity contribution in [2.75, 3.05) is 30.3 Å². The van der Waals surface area contributed by atoms with Gasteiger partial charge in [0.15, 0.2) is 0 Å². The highest BCUT2D eigenvalue weighted by atomic mass is 16.5. The van der Waals surface area contributed by atoms with E-state index >= 15 is 0 Å². The molecule has 1 aliphatic rings. The Morgan fingerprint density at radius 1 is 1.20 bits per heavy atom. The molecule has 0 saturated carbocycles. The first-order chi connectivity index (χ1) is 9.56. The number of ether oxygens (including phenoxy) is 1. The van der Waals surface area contributed by atoms with Gasteiger partial charge in [0.05, 0.1) is 6.61 Å². The number of anilines is 2. The predicted octanol–water partition coefficient (Wildman–Crippen LogP) is 4.07. The van der Waals surface area contributed by atoms with Gasteiger partial charge in [0, 0.05) is 36.6 Å². The summed E-state index contributed by atoms with van der Waals surface area (Å²) in [5.74, 6) is 0.894. The van der Waals surface area contributed by atoms with Gasteiger partial charge in [0.1, 0.15) is 5.75 Å². The number of piperidine rings is 1. The fourth-order valence-electron chi connectivity index (χ4n) is 2.75. The maximum Gasteiger partial charge on any atom is 0.123 e. The maximum atomic E-state index is 6.01. The number of nitrogens with two attached hydrogens (primary N) is 1. The van der Waals surface area contributed by atoms with Crippen molar-refractivity contribution in [3.63, 3.8) is 0 Å². The average molecular weight is 276 g/mol. The van der Waals surface area contributed by atoms with Crippen LogP contribution in [-0.4, -0.2) is 19.7 Å². The van der Waals surface area contributed by atoms with Crippen LogP contribution < -0.4 is 15.4 Å². The molecule has 1 aromatic carbocycles. The molecule has 0 radical (unpaired) electrons. The van der Waals surface area contributed by atoms with Gasteiger partial charge in [0.2, 0.25) is 0 Å². The lowest BCUT2D eigenvalue weighted by molar-refractivity contribution is 0.238. The number of hydrogen-bond acceptors (Lipinski definition) is 3. The van der Waals surface area contributed by atoms with E-state index < -0.39 is 0 Å². The van der Waals surface area contributed by atoms with Gasteiger partial charge >= 0.3 is 0 Å². The van der Waals surface area contributed by atoms with E-state index in [2.05, 4.69) is 37.8 Å². The Hall–Kier alpha value is -1.38. The second-order valence-electron chi connectivity index (χ2n) is 6.26. The van der Waals surface area contributed by atoms with E-state index in [1.54, 1.807) is 0 Å². The van der Waals surface area contributed by atoms with Gasteiger partial charge in [-0.1, -0.05) is 27.2 Å². The summed E-state index contributed by atoms with van der Waals surface area (Å²) < 4.78 is 5.72. The molecule has 0 atom stereocenters. The van der Waals surface area contributed by atoms with Gasteiger partial charge in [-0.3, -0.25) is 0 Å². The van der Waals surface area contributed by atoms with Crippen LogP contribution in [0.2, 0.25) is 0 Å². The van der Waals surface area contributed by atoms with E-state index in [-0.39, 0.29) is 0 Å². The van der Waals surface area contributed by atoms with Crippen LogP contribution in [0.15, 0.2) is 18.2 Å². The van der Waals surface area contributed by atoms with E-state index in [1.807, 2.05) is 6.07 Å². The van der Waals surface area contributed by atoms with Crippen LogP contribution >= 0.6 is 0 Å². The lowest BCUT2D eigenvalue weighted by Gasteiger charge is -2.40. The second-order valence-corrected chi connectivity index (χ2v) is 6.26. The molecule has 0 unspecified atom stereocenters. The third-order valence-electron chi connectivity index (χ3n) is 4.58. The zero-order chi connectivity index (χ0) is 14.6. The molecule has 0 amide bonds. The Labute approximate surface area is 123 Å². The first-order valence-electron chi connectivity index (χ1n) is 7.84. The molecule has 2 rings (SSSR count). The van der Waals surface area contributed by atoms with Gasteiger partial charge in [-0.2, -0.15) is 0 Å². The molecule has 20 heavy (non-hydrogen) atoms. The minimum absolute atomic E-state index is 0.512. The lowest BCUT2D eigenvalue weighted by atomic mass is 9.78. The lowest BCUT2D eigenvalue weighted by Crippen LogP contribution is -2.38. The topological polar surface area (TPSA) is 38.5 Å². The summed E-state index contributed by atoms with van der Waals surface area (Å²) in [7, 11) is 0. The molecular formula is C17H28N2O. The summed E-state index contributed by atoms with van der Waals surface area (Å²) in [6, 6.07) is 6.10. The zero-order valence-corrected chi connectivity index (χ0v) is 13.1. The van der Waals surface area contributed by atoms with Gasteiger partial charge in [-0.15, -0.1) is 0 Å². The number of nitrogens with zero attached hydrogens (tertiary/aromatic N) is 1. The normalized spacial score (nSPS) is 18.1. The molecule has 1 aliphatic heterocycles. The summed E-state index contributed by atoms with van der Waals surface area (Å²) >= 11 is 0. The fraction of sp³-hybridized carbons (Fsp3) is 0.647. The van der Waals surface area contributed by atoms with Crippen LogP contribution in [0.1, 0.15) is 46.5 Å². The fourth-order valence-corrected chi connectivity index (χ4v) is 2.75. The molecule has 112 valence electrons. The largest absolute Gasteiger partial charge is 0.493 e. The van der Waals surface area contributed by atoms with Crippen LogP contribution in [0.5, 0.6) is 5.75 Å². The zero-order valence-electron chi connectivity index (χ0n) is 13.1. The molecule has 3 nitrogen and oxygen atoms in total. The molecule has 0 bridgehead atoms. The second kappa shape index (κ2) is 6.38. The number of nitrogen functional groups attached to an aromatic ring is 1. The molecule has 1 saturated heterocycles. The predicted molar refractivity (Wildman–Crippen MR) is 86.5 cm³/mol. The maximum absolute atomic E-state index is 6.01. The number of hydrogen-bond donors (Lipinski definition) is 1. The summed E-state index contributed by atoms with van der Waals surface area (Å²) in [6.45, 7) is 9.79. The summed E-state index contributed by atoms with van der Waals surface area (Å²) in [5, 5.41) is 0. The van der Waals surface area contributed by atoms with Crippen molar-refractivity contribution in [3.05, 3.63) is 18.2 Å². The van der Waals surface area contributed by atoms with Crippen molar-refractivity contribution >= 4 is 11.4 Å². The van der Waals surface area contributed by atoms with E-state index in [0.717, 1.165) is 37.6 Å². The molecule has 1 fully saturated rings.